The molecule has 1 fully saturated rings. The van der Waals surface area contributed by atoms with Gasteiger partial charge in [-0.05, 0) is 37.6 Å². The van der Waals surface area contributed by atoms with E-state index in [9.17, 15) is 4.79 Å². The van der Waals surface area contributed by atoms with E-state index in [0.717, 1.165) is 23.4 Å². The van der Waals surface area contributed by atoms with E-state index in [0.29, 0.717) is 38.6 Å². The standard InChI is InChI=1S/C16H24N6O4/c1-10-13(11(2)26-19-10)8-25-15-5-7-24-9-14(15)17-16(23)4-6-22-12(3)18-20-21-22/h14-15H,4-9H2,1-3H3,(H,17,23)/t14-,15+/m1/s1. The number of hydrogen-bond acceptors (Lipinski definition) is 8. The number of tetrazole rings is 1. The van der Waals surface area contributed by atoms with Gasteiger partial charge in [-0.1, -0.05) is 5.16 Å². The molecular weight excluding hydrogens is 340 g/mol. The van der Waals surface area contributed by atoms with E-state index in [1.54, 1.807) is 11.6 Å². The Hall–Kier alpha value is -2.33. The summed E-state index contributed by atoms with van der Waals surface area (Å²) in [6.07, 6.45) is 0.899. The Labute approximate surface area is 151 Å². The van der Waals surface area contributed by atoms with Crippen LogP contribution in [0.25, 0.3) is 0 Å². The summed E-state index contributed by atoms with van der Waals surface area (Å²) in [5.74, 6) is 1.35. The van der Waals surface area contributed by atoms with E-state index in [1.807, 2.05) is 13.8 Å². The van der Waals surface area contributed by atoms with Gasteiger partial charge in [-0.2, -0.15) is 0 Å². The van der Waals surface area contributed by atoms with Crippen LogP contribution >= 0.6 is 0 Å². The number of nitrogens with zero attached hydrogens (tertiary/aromatic N) is 5. The Kier molecular flexibility index (Phi) is 5.94. The molecule has 3 heterocycles. The molecule has 2 aromatic rings. The van der Waals surface area contributed by atoms with Gasteiger partial charge in [0.05, 0.1) is 37.6 Å². The zero-order chi connectivity index (χ0) is 18.5. The molecule has 3 rings (SSSR count). The third-order valence-electron chi connectivity index (χ3n) is 4.52. The van der Waals surface area contributed by atoms with Crippen LogP contribution in [0, 0.1) is 20.8 Å². The van der Waals surface area contributed by atoms with E-state index in [2.05, 4.69) is 26.0 Å². The first-order chi connectivity index (χ1) is 12.5. The van der Waals surface area contributed by atoms with Crippen molar-refractivity contribution in [2.24, 2.45) is 0 Å². The summed E-state index contributed by atoms with van der Waals surface area (Å²) in [5.41, 5.74) is 1.78. The number of carbonyl (C=O) groups is 1. The van der Waals surface area contributed by atoms with Crippen LogP contribution in [0.1, 0.15) is 35.7 Å². The molecule has 0 aliphatic carbocycles. The van der Waals surface area contributed by atoms with E-state index in [1.165, 1.54) is 0 Å². The van der Waals surface area contributed by atoms with E-state index in [4.69, 9.17) is 14.0 Å². The second-order valence-corrected chi connectivity index (χ2v) is 6.39. The first-order valence-corrected chi connectivity index (χ1v) is 8.68. The normalized spacial score (nSPS) is 20.3. The van der Waals surface area contributed by atoms with Crippen LogP contribution in [-0.4, -0.2) is 56.6 Å². The van der Waals surface area contributed by atoms with Crippen molar-refractivity contribution >= 4 is 5.91 Å². The number of carbonyl (C=O) groups excluding carboxylic acids is 1. The summed E-state index contributed by atoms with van der Waals surface area (Å²) in [7, 11) is 0. The number of aromatic nitrogens is 5. The van der Waals surface area contributed by atoms with Gasteiger partial charge in [0.1, 0.15) is 11.6 Å². The van der Waals surface area contributed by atoms with Crippen LogP contribution < -0.4 is 5.32 Å². The third kappa shape index (κ3) is 4.44. The lowest BCUT2D eigenvalue weighted by Gasteiger charge is -2.32. The molecule has 0 aromatic carbocycles. The molecular formula is C16H24N6O4. The van der Waals surface area contributed by atoms with Gasteiger partial charge in [-0.3, -0.25) is 4.79 Å². The maximum Gasteiger partial charge on any atom is 0.222 e. The second-order valence-electron chi connectivity index (χ2n) is 6.39. The molecule has 10 heteroatoms. The summed E-state index contributed by atoms with van der Waals surface area (Å²) in [6, 6.07) is -0.188. The molecule has 0 saturated carbocycles. The lowest BCUT2D eigenvalue weighted by Crippen LogP contribution is -2.50. The minimum atomic E-state index is -0.188. The number of hydrogen-bond donors (Lipinski definition) is 1. The highest BCUT2D eigenvalue weighted by Crippen LogP contribution is 2.18. The van der Waals surface area contributed by atoms with E-state index in [-0.39, 0.29) is 18.1 Å². The molecule has 142 valence electrons. The van der Waals surface area contributed by atoms with Crippen LogP contribution in [-0.2, 0) is 27.4 Å². The van der Waals surface area contributed by atoms with Crippen LogP contribution in [0.15, 0.2) is 4.52 Å². The number of amides is 1. The van der Waals surface area contributed by atoms with E-state index >= 15 is 0 Å². The molecule has 2 atom stereocenters. The Morgan fingerprint density at radius 3 is 2.92 bits per heavy atom. The Bertz CT molecular complexity index is 723. The summed E-state index contributed by atoms with van der Waals surface area (Å²) in [5, 5.41) is 18.1. The molecule has 1 aliphatic heterocycles. The van der Waals surface area contributed by atoms with Gasteiger partial charge >= 0.3 is 0 Å². The predicted octanol–water partition coefficient (Wildman–Crippen LogP) is 0.467. The lowest BCUT2D eigenvalue weighted by atomic mass is 10.1. The van der Waals surface area contributed by atoms with Crippen molar-refractivity contribution in [1.29, 1.82) is 0 Å². The van der Waals surface area contributed by atoms with Crippen LogP contribution in [0.3, 0.4) is 0 Å². The summed E-state index contributed by atoms with van der Waals surface area (Å²) in [4.78, 5) is 12.3. The Morgan fingerprint density at radius 2 is 2.23 bits per heavy atom. The SMILES string of the molecule is Cc1noc(C)c1CO[C@H]1CCOC[C@H]1NC(=O)CCn1nnnc1C. The van der Waals surface area contributed by atoms with Crippen molar-refractivity contribution < 1.29 is 18.8 Å². The highest BCUT2D eigenvalue weighted by molar-refractivity contribution is 5.76. The van der Waals surface area contributed by atoms with Crippen molar-refractivity contribution in [2.45, 2.75) is 58.9 Å². The molecule has 1 saturated heterocycles. The van der Waals surface area contributed by atoms with Crippen molar-refractivity contribution in [2.75, 3.05) is 13.2 Å². The minimum absolute atomic E-state index is 0.0821. The number of rotatable bonds is 7. The Balaban J connectivity index is 1.51. The fraction of sp³-hybridized carbons (Fsp3) is 0.688. The van der Waals surface area contributed by atoms with Gasteiger partial charge in [0.15, 0.2) is 0 Å². The number of nitrogens with one attached hydrogen (secondary N) is 1. The smallest absolute Gasteiger partial charge is 0.222 e. The zero-order valence-electron chi connectivity index (χ0n) is 15.3. The molecule has 1 aliphatic rings. The van der Waals surface area contributed by atoms with Crippen molar-refractivity contribution in [3.8, 4) is 0 Å². The average molecular weight is 364 g/mol. The quantitative estimate of drug-likeness (QED) is 0.753. The van der Waals surface area contributed by atoms with Crippen molar-refractivity contribution in [3.05, 3.63) is 22.8 Å². The number of ether oxygens (including phenoxy) is 2. The number of aryl methyl sites for hydroxylation is 4. The lowest BCUT2D eigenvalue weighted by molar-refractivity contribution is -0.126. The van der Waals surface area contributed by atoms with Crippen molar-refractivity contribution in [3.63, 3.8) is 0 Å². The third-order valence-corrected chi connectivity index (χ3v) is 4.52. The summed E-state index contributed by atoms with van der Waals surface area (Å²) in [6.45, 7) is 7.43. The fourth-order valence-electron chi connectivity index (χ4n) is 2.89. The molecule has 2 aromatic heterocycles. The van der Waals surface area contributed by atoms with Gasteiger partial charge in [0, 0.05) is 18.6 Å². The molecule has 1 amide bonds. The monoisotopic (exact) mass is 364 g/mol. The maximum absolute atomic E-state index is 12.3. The first kappa shape index (κ1) is 18.5. The summed E-state index contributed by atoms with van der Waals surface area (Å²) >= 11 is 0. The predicted molar refractivity (Wildman–Crippen MR) is 89.1 cm³/mol. The molecule has 0 spiro atoms. The topological polar surface area (TPSA) is 117 Å². The summed E-state index contributed by atoms with van der Waals surface area (Å²) < 4.78 is 18.3. The molecule has 1 N–H and O–H groups in total. The fourth-order valence-corrected chi connectivity index (χ4v) is 2.89. The van der Waals surface area contributed by atoms with E-state index < -0.39 is 0 Å². The van der Waals surface area contributed by atoms with Gasteiger partial charge in [-0.15, -0.1) is 5.10 Å². The van der Waals surface area contributed by atoms with Crippen molar-refractivity contribution in [1.82, 2.24) is 30.7 Å². The van der Waals surface area contributed by atoms with Gasteiger partial charge in [0.2, 0.25) is 5.91 Å². The minimum Gasteiger partial charge on any atom is -0.379 e. The Morgan fingerprint density at radius 1 is 1.38 bits per heavy atom. The molecule has 0 bridgehead atoms. The van der Waals surface area contributed by atoms with Crippen LogP contribution in [0.4, 0.5) is 0 Å². The molecule has 10 nitrogen and oxygen atoms in total. The largest absolute Gasteiger partial charge is 0.379 e. The van der Waals surface area contributed by atoms with Gasteiger partial charge < -0.3 is 19.3 Å². The average Bonchev–Trinajstić information content (AvgIpc) is 3.18. The van der Waals surface area contributed by atoms with Gasteiger partial charge in [0.25, 0.3) is 0 Å². The van der Waals surface area contributed by atoms with Crippen LogP contribution in [0.5, 0.6) is 0 Å². The van der Waals surface area contributed by atoms with Crippen LogP contribution in [0.2, 0.25) is 0 Å². The van der Waals surface area contributed by atoms with Gasteiger partial charge in [-0.25, -0.2) is 4.68 Å². The molecule has 0 unspecified atom stereocenters. The maximum atomic E-state index is 12.3. The zero-order valence-corrected chi connectivity index (χ0v) is 15.3. The highest BCUT2D eigenvalue weighted by atomic mass is 16.5. The second kappa shape index (κ2) is 8.37. The molecule has 26 heavy (non-hydrogen) atoms. The first-order valence-electron chi connectivity index (χ1n) is 8.68. The highest BCUT2D eigenvalue weighted by Gasteiger charge is 2.28. The molecule has 0 radical (unpaired) electrons.